The number of aryl methyl sites for hydroxylation is 1. The number of para-hydroxylation sites is 2. The van der Waals surface area contributed by atoms with Crippen molar-refractivity contribution in [3.8, 4) is 0 Å². The van der Waals surface area contributed by atoms with Gasteiger partial charge < -0.3 is 9.47 Å². The van der Waals surface area contributed by atoms with Crippen LogP contribution in [0.15, 0.2) is 48.5 Å². The Morgan fingerprint density at radius 2 is 1.73 bits per heavy atom. The van der Waals surface area contributed by atoms with E-state index >= 15 is 0 Å². The van der Waals surface area contributed by atoms with E-state index in [2.05, 4.69) is 15.6 Å². The molecule has 1 aliphatic rings. The molecular weight excluding hydrogens is 326 g/mol. The lowest BCUT2D eigenvalue weighted by Gasteiger charge is -2.18. The fraction of sp³-hybridized carbons (Fsp3) is 0.286. The number of fused-ring (bicyclic) bond motifs is 1. The minimum Gasteiger partial charge on any atom is -0.336 e. The number of nitrogens with zero attached hydrogens (tertiary/aromatic N) is 3. The van der Waals surface area contributed by atoms with Gasteiger partial charge in [0, 0.05) is 24.2 Å². The van der Waals surface area contributed by atoms with Gasteiger partial charge in [-0.2, -0.15) is 0 Å². The molecule has 1 atom stereocenters. The third kappa shape index (κ3) is 2.79. The van der Waals surface area contributed by atoms with Crippen molar-refractivity contribution in [2.24, 2.45) is 0 Å². The summed E-state index contributed by atoms with van der Waals surface area (Å²) in [6.07, 6.45) is 0.915. The Kier molecular flexibility index (Phi) is 4.07. The summed E-state index contributed by atoms with van der Waals surface area (Å²) >= 11 is 0. The lowest BCUT2D eigenvalue weighted by atomic mass is 10.1. The van der Waals surface area contributed by atoms with Crippen molar-refractivity contribution in [2.45, 2.75) is 26.3 Å². The molecule has 3 aromatic rings. The molecular formula is C21H21N3O2. The van der Waals surface area contributed by atoms with Crippen LogP contribution >= 0.6 is 0 Å². The molecule has 26 heavy (non-hydrogen) atoms. The highest BCUT2D eigenvalue weighted by atomic mass is 16.2. The number of imidazole rings is 1. The van der Waals surface area contributed by atoms with Crippen LogP contribution in [0.25, 0.3) is 11.0 Å². The summed E-state index contributed by atoms with van der Waals surface area (Å²) in [5.74, 6) is 1.01. The average Bonchev–Trinajstić information content (AvgIpc) is 3.24. The van der Waals surface area contributed by atoms with Crippen molar-refractivity contribution in [3.63, 3.8) is 0 Å². The summed E-state index contributed by atoms with van der Waals surface area (Å²) in [6.45, 7) is 4.95. The maximum Gasteiger partial charge on any atom is 0.253 e. The van der Waals surface area contributed by atoms with Crippen LogP contribution in [0.3, 0.4) is 0 Å². The molecule has 132 valence electrons. The molecule has 5 heteroatoms. The van der Waals surface area contributed by atoms with Crippen molar-refractivity contribution in [1.82, 2.24) is 14.5 Å². The number of likely N-dealkylation sites (tertiary alicyclic amines) is 1. The second-order valence-electron chi connectivity index (χ2n) is 6.84. The minimum absolute atomic E-state index is 0.00713. The number of ketones is 1. The quantitative estimate of drug-likeness (QED) is 0.680. The smallest absolute Gasteiger partial charge is 0.253 e. The number of amides is 1. The summed E-state index contributed by atoms with van der Waals surface area (Å²) < 4.78 is 2.25. The van der Waals surface area contributed by atoms with E-state index in [1.54, 1.807) is 24.3 Å². The number of carbonyl (C=O) groups excluding carboxylic acids is 2. The molecule has 0 radical (unpaired) electrons. The van der Waals surface area contributed by atoms with E-state index in [0.29, 0.717) is 17.7 Å². The molecule has 1 saturated heterocycles. The fourth-order valence-electron chi connectivity index (χ4n) is 3.79. The first kappa shape index (κ1) is 16.5. The fourth-order valence-corrected chi connectivity index (χ4v) is 3.79. The summed E-state index contributed by atoms with van der Waals surface area (Å²) in [5, 5.41) is 0. The predicted octanol–water partition coefficient (Wildman–Crippen LogP) is 3.63. The predicted molar refractivity (Wildman–Crippen MR) is 100 cm³/mol. The topological polar surface area (TPSA) is 55.2 Å². The van der Waals surface area contributed by atoms with Crippen LogP contribution in [-0.4, -0.2) is 39.2 Å². The van der Waals surface area contributed by atoms with Gasteiger partial charge >= 0.3 is 0 Å². The Morgan fingerprint density at radius 1 is 1.04 bits per heavy atom. The highest BCUT2D eigenvalue weighted by molar-refractivity contribution is 5.97. The number of hydrogen-bond acceptors (Lipinski definition) is 3. The molecule has 2 heterocycles. The molecule has 1 amide bonds. The Bertz CT molecular complexity index is 988. The highest BCUT2D eigenvalue weighted by Gasteiger charge is 2.29. The lowest BCUT2D eigenvalue weighted by molar-refractivity contribution is 0.0787. The first-order chi connectivity index (χ1) is 12.5. The molecule has 1 aliphatic heterocycles. The van der Waals surface area contributed by atoms with E-state index < -0.39 is 0 Å². The van der Waals surface area contributed by atoms with Gasteiger partial charge in [0.05, 0.1) is 17.1 Å². The summed E-state index contributed by atoms with van der Waals surface area (Å²) in [7, 11) is 0. The van der Waals surface area contributed by atoms with Crippen LogP contribution in [0, 0.1) is 6.92 Å². The van der Waals surface area contributed by atoms with Crippen molar-refractivity contribution >= 4 is 22.7 Å². The first-order valence-corrected chi connectivity index (χ1v) is 8.88. The zero-order valence-electron chi connectivity index (χ0n) is 15.0. The summed E-state index contributed by atoms with van der Waals surface area (Å²) in [4.78, 5) is 30.7. The Morgan fingerprint density at radius 3 is 2.46 bits per heavy atom. The van der Waals surface area contributed by atoms with E-state index in [1.807, 2.05) is 30.0 Å². The molecule has 0 spiro atoms. The van der Waals surface area contributed by atoms with Crippen LogP contribution in [-0.2, 0) is 0 Å². The van der Waals surface area contributed by atoms with E-state index in [1.165, 1.54) is 6.92 Å². The van der Waals surface area contributed by atoms with Gasteiger partial charge in [-0.1, -0.05) is 24.3 Å². The van der Waals surface area contributed by atoms with Crippen LogP contribution in [0.2, 0.25) is 0 Å². The van der Waals surface area contributed by atoms with Crippen molar-refractivity contribution in [1.29, 1.82) is 0 Å². The molecule has 1 unspecified atom stereocenters. The van der Waals surface area contributed by atoms with E-state index in [-0.39, 0.29) is 17.7 Å². The van der Waals surface area contributed by atoms with Gasteiger partial charge in [0.1, 0.15) is 5.82 Å². The Labute approximate surface area is 152 Å². The number of rotatable bonds is 3. The van der Waals surface area contributed by atoms with Gasteiger partial charge in [-0.25, -0.2) is 4.98 Å². The normalized spacial score (nSPS) is 17.0. The highest BCUT2D eigenvalue weighted by Crippen LogP contribution is 2.28. The van der Waals surface area contributed by atoms with Gasteiger partial charge in [0.2, 0.25) is 0 Å². The Balaban J connectivity index is 1.55. The first-order valence-electron chi connectivity index (χ1n) is 8.88. The zero-order chi connectivity index (χ0) is 18.3. The molecule has 5 nitrogen and oxygen atoms in total. The number of Topliss-reactive ketones (excluding diaryl/α,β-unsaturated/α-hetero) is 1. The monoisotopic (exact) mass is 347 g/mol. The number of carbonyl (C=O) groups is 2. The summed E-state index contributed by atoms with van der Waals surface area (Å²) in [6, 6.07) is 15.3. The van der Waals surface area contributed by atoms with Crippen LogP contribution in [0.1, 0.15) is 45.9 Å². The van der Waals surface area contributed by atoms with Crippen LogP contribution < -0.4 is 0 Å². The average molecular weight is 347 g/mol. The largest absolute Gasteiger partial charge is 0.336 e. The number of aromatic nitrogens is 2. The Hall–Kier alpha value is -2.95. The second-order valence-corrected chi connectivity index (χ2v) is 6.84. The minimum atomic E-state index is 0.00713. The third-order valence-corrected chi connectivity index (χ3v) is 5.13. The second kappa shape index (κ2) is 6.41. The van der Waals surface area contributed by atoms with Gasteiger partial charge in [0.15, 0.2) is 5.78 Å². The molecule has 0 bridgehead atoms. The van der Waals surface area contributed by atoms with E-state index in [4.69, 9.17) is 0 Å². The van der Waals surface area contributed by atoms with Gasteiger partial charge in [0.25, 0.3) is 5.91 Å². The maximum absolute atomic E-state index is 12.8. The molecule has 0 saturated carbocycles. The maximum atomic E-state index is 12.8. The SMILES string of the molecule is CC(=O)c1ccc(C(=O)N2CCC(n3c(C)nc4ccccc43)C2)cc1. The summed E-state index contributed by atoms with van der Waals surface area (Å²) in [5.41, 5.74) is 3.37. The molecule has 1 aromatic heterocycles. The number of benzene rings is 2. The van der Waals surface area contributed by atoms with Gasteiger partial charge in [-0.15, -0.1) is 0 Å². The lowest BCUT2D eigenvalue weighted by Crippen LogP contribution is -2.29. The van der Waals surface area contributed by atoms with E-state index in [0.717, 1.165) is 29.8 Å². The molecule has 0 N–H and O–H groups in total. The van der Waals surface area contributed by atoms with Crippen molar-refractivity contribution < 1.29 is 9.59 Å². The van der Waals surface area contributed by atoms with Crippen molar-refractivity contribution in [2.75, 3.05) is 13.1 Å². The standard InChI is InChI=1S/C21H21N3O2/c1-14(25)16-7-9-17(10-8-16)21(26)23-12-11-18(13-23)24-15(2)22-19-5-3-4-6-20(19)24/h3-10,18H,11-13H2,1-2H3. The molecule has 0 aliphatic carbocycles. The van der Waals surface area contributed by atoms with Gasteiger partial charge in [-0.05, 0) is 44.5 Å². The van der Waals surface area contributed by atoms with Gasteiger partial charge in [-0.3, -0.25) is 9.59 Å². The molecule has 2 aromatic carbocycles. The van der Waals surface area contributed by atoms with Crippen LogP contribution in [0.5, 0.6) is 0 Å². The van der Waals surface area contributed by atoms with Crippen molar-refractivity contribution in [3.05, 3.63) is 65.5 Å². The van der Waals surface area contributed by atoms with E-state index in [9.17, 15) is 9.59 Å². The third-order valence-electron chi connectivity index (χ3n) is 5.13. The van der Waals surface area contributed by atoms with Crippen LogP contribution in [0.4, 0.5) is 0 Å². The molecule has 4 rings (SSSR count). The number of hydrogen-bond donors (Lipinski definition) is 0. The molecule has 1 fully saturated rings. The zero-order valence-corrected chi connectivity index (χ0v) is 15.0.